The third-order valence-electron chi connectivity index (χ3n) is 8.58. The number of aliphatic hydroxyl groups is 2. The maximum Gasteiger partial charge on any atom is 0.332 e. The topological polar surface area (TPSA) is 222 Å². The highest BCUT2D eigenvalue weighted by Gasteiger charge is 2.47. The molecule has 17 nitrogen and oxygen atoms in total. The van der Waals surface area contributed by atoms with Crippen LogP contribution in [0.2, 0.25) is 0 Å². The smallest absolute Gasteiger partial charge is 0.332 e. The van der Waals surface area contributed by atoms with Crippen molar-refractivity contribution in [1.82, 2.24) is 43.5 Å². The molecular weight excluding hydrogens is 634 g/mol. The number of nitrogens with two attached hydrogens (primary N) is 1. The first kappa shape index (κ1) is 33.5. The lowest BCUT2D eigenvalue weighted by molar-refractivity contribution is -0.137. The lowest BCUT2D eigenvalue weighted by atomic mass is 10.1. The number of hydrogen-bond acceptors (Lipinski definition) is 12. The molecule has 1 saturated heterocycles. The minimum absolute atomic E-state index is 0.116. The van der Waals surface area contributed by atoms with Gasteiger partial charge >= 0.3 is 5.69 Å². The zero-order chi connectivity index (χ0) is 35.0. The minimum Gasteiger partial charge on any atom is -0.387 e. The van der Waals surface area contributed by atoms with Crippen LogP contribution in [0.1, 0.15) is 44.0 Å². The standard InChI is InChI=1S/C32H39N11O6/c1-5-34-28(46)24-22(44)23(45)30(49-24)43-16-36-20-25(33)38-31(39-26(20)43)35-15-14-18-10-8-17(9-11-18)12-13-19-37-27-21(40(19)4)29(47)42(7-3)32(48)41(27)6-2/h8-13,16,22-24,30,44-45H,5-7,14-15H2,1-4H3,(H,34,46)(H3,33,35,38,39)/b13-12+/t22-,23+,24-,30+/m0/s1. The molecule has 6 rings (SSSR count). The number of likely N-dealkylation sites (N-methyl/N-ethyl adjacent to an activating group) is 1. The molecule has 1 amide bonds. The Morgan fingerprint density at radius 1 is 1.00 bits per heavy atom. The first-order chi connectivity index (χ1) is 23.6. The van der Waals surface area contributed by atoms with Crippen molar-refractivity contribution in [2.45, 2.75) is 64.8 Å². The number of aromatic nitrogens is 8. The second kappa shape index (κ2) is 13.6. The summed E-state index contributed by atoms with van der Waals surface area (Å²) in [6.45, 7) is 6.86. The number of carbonyl (C=O) groups is 1. The average molecular weight is 674 g/mol. The van der Waals surface area contributed by atoms with Crippen LogP contribution in [0.3, 0.4) is 0 Å². The van der Waals surface area contributed by atoms with Crippen molar-refractivity contribution in [3.8, 4) is 0 Å². The maximum atomic E-state index is 13.0. The number of anilines is 2. The van der Waals surface area contributed by atoms with Crippen LogP contribution in [0.4, 0.5) is 11.8 Å². The maximum absolute atomic E-state index is 13.0. The van der Waals surface area contributed by atoms with Gasteiger partial charge in [-0.1, -0.05) is 30.3 Å². The minimum atomic E-state index is -1.44. The summed E-state index contributed by atoms with van der Waals surface area (Å²) in [5.41, 5.74) is 8.73. The molecule has 0 spiro atoms. The van der Waals surface area contributed by atoms with E-state index in [1.54, 1.807) is 25.5 Å². The van der Waals surface area contributed by atoms with Crippen LogP contribution in [0.15, 0.2) is 40.2 Å². The van der Waals surface area contributed by atoms with Crippen LogP contribution in [0.5, 0.6) is 0 Å². The number of carbonyl (C=O) groups excluding carboxylic acids is 1. The van der Waals surface area contributed by atoms with E-state index < -0.39 is 30.4 Å². The number of ether oxygens (including phenoxy) is 1. The fourth-order valence-corrected chi connectivity index (χ4v) is 5.96. The summed E-state index contributed by atoms with van der Waals surface area (Å²) in [5.74, 6) is 0.378. The lowest BCUT2D eigenvalue weighted by Crippen LogP contribution is -2.42. The number of benzene rings is 1. The van der Waals surface area contributed by atoms with E-state index in [0.717, 1.165) is 11.1 Å². The van der Waals surface area contributed by atoms with E-state index in [0.29, 0.717) is 43.0 Å². The van der Waals surface area contributed by atoms with Crippen LogP contribution in [0, 0.1) is 0 Å². The van der Waals surface area contributed by atoms with Crippen molar-refractivity contribution in [3.05, 3.63) is 68.4 Å². The van der Waals surface area contributed by atoms with E-state index in [4.69, 9.17) is 10.5 Å². The number of fused-ring (bicyclic) bond motifs is 2. The lowest BCUT2D eigenvalue weighted by Gasteiger charge is -2.16. The molecule has 17 heteroatoms. The molecule has 1 aliphatic heterocycles. The zero-order valence-corrected chi connectivity index (χ0v) is 27.6. The molecule has 5 aromatic rings. The summed E-state index contributed by atoms with van der Waals surface area (Å²) < 4.78 is 11.6. The average Bonchev–Trinajstić information content (AvgIpc) is 3.74. The monoisotopic (exact) mass is 673 g/mol. The third-order valence-corrected chi connectivity index (χ3v) is 8.58. The molecule has 1 aliphatic rings. The molecule has 0 radical (unpaired) electrons. The molecule has 1 fully saturated rings. The Kier molecular flexibility index (Phi) is 9.31. The summed E-state index contributed by atoms with van der Waals surface area (Å²) in [5, 5.41) is 26.9. The molecule has 5 heterocycles. The van der Waals surface area contributed by atoms with Gasteiger partial charge in [0.1, 0.15) is 23.5 Å². The SMILES string of the molecule is CCNC(=O)[C@H]1O[C@@H](n2cnc3c(N)nc(NCCc4ccc(/C=C/c5nc6c(c(=O)n(CC)c(=O)n6CC)n5C)cc4)nc32)[C@H](O)[C@@H]1O. The number of imidazole rings is 2. The molecule has 6 N–H and O–H groups in total. The van der Waals surface area contributed by atoms with E-state index in [2.05, 4.69) is 30.6 Å². The van der Waals surface area contributed by atoms with Gasteiger partial charge in [-0.2, -0.15) is 9.97 Å². The largest absolute Gasteiger partial charge is 0.387 e. The molecule has 258 valence electrons. The highest BCUT2D eigenvalue weighted by Crippen LogP contribution is 2.32. The van der Waals surface area contributed by atoms with Crippen molar-refractivity contribution in [2.24, 2.45) is 7.05 Å². The Balaban J connectivity index is 1.13. The number of amides is 1. The highest BCUT2D eigenvalue weighted by molar-refractivity contribution is 5.84. The number of nitrogen functional groups attached to an aromatic ring is 1. The summed E-state index contributed by atoms with van der Waals surface area (Å²) in [6.07, 6.45) is 0.503. The van der Waals surface area contributed by atoms with Gasteiger partial charge in [0.15, 0.2) is 35.0 Å². The Hall–Kier alpha value is -5.39. The predicted octanol–water partition coefficient (Wildman–Crippen LogP) is 0.239. The van der Waals surface area contributed by atoms with Gasteiger partial charge in [-0.05, 0) is 44.4 Å². The molecule has 0 bridgehead atoms. The van der Waals surface area contributed by atoms with Crippen molar-refractivity contribution in [3.63, 3.8) is 0 Å². The van der Waals surface area contributed by atoms with Gasteiger partial charge in [-0.15, -0.1) is 0 Å². The fourth-order valence-electron chi connectivity index (χ4n) is 5.96. The number of aliphatic hydroxyl groups excluding tert-OH is 2. The van der Waals surface area contributed by atoms with Crippen LogP contribution in [-0.4, -0.2) is 85.7 Å². The van der Waals surface area contributed by atoms with Gasteiger partial charge in [-0.3, -0.25) is 23.3 Å². The van der Waals surface area contributed by atoms with Crippen LogP contribution in [0.25, 0.3) is 34.5 Å². The van der Waals surface area contributed by atoms with Gasteiger partial charge < -0.3 is 35.9 Å². The van der Waals surface area contributed by atoms with Crippen molar-refractivity contribution in [2.75, 3.05) is 24.1 Å². The van der Waals surface area contributed by atoms with E-state index in [1.165, 1.54) is 20.0 Å². The molecular formula is C32H39N11O6. The van der Waals surface area contributed by atoms with E-state index in [9.17, 15) is 24.6 Å². The Morgan fingerprint density at radius 2 is 1.73 bits per heavy atom. The summed E-state index contributed by atoms with van der Waals surface area (Å²) in [4.78, 5) is 55.7. The van der Waals surface area contributed by atoms with Crippen molar-refractivity contribution < 1.29 is 19.7 Å². The molecule has 4 aromatic heterocycles. The molecule has 0 unspecified atom stereocenters. The van der Waals surface area contributed by atoms with Gasteiger partial charge in [-0.25, -0.2) is 14.8 Å². The van der Waals surface area contributed by atoms with Crippen LogP contribution in [-0.2, 0) is 36.1 Å². The van der Waals surface area contributed by atoms with Gasteiger partial charge in [0.05, 0.1) is 6.33 Å². The fraction of sp³-hybridized carbons (Fsp3) is 0.406. The summed E-state index contributed by atoms with van der Waals surface area (Å²) in [6, 6.07) is 7.92. The Morgan fingerprint density at radius 3 is 2.43 bits per heavy atom. The number of rotatable bonds is 11. The van der Waals surface area contributed by atoms with Crippen molar-refractivity contribution >= 4 is 52.2 Å². The third kappa shape index (κ3) is 6.07. The van der Waals surface area contributed by atoms with E-state index >= 15 is 0 Å². The second-order valence-electron chi connectivity index (χ2n) is 11.6. The molecule has 1 aromatic carbocycles. The zero-order valence-electron chi connectivity index (χ0n) is 27.6. The molecule has 49 heavy (non-hydrogen) atoms. The molecule has 0 saturated carbocycles. The number of nitrogens with one attached hydrogen (secondary N) is 2. The molecule has 0 aliphatic carbocycles. The van der Waals surface area contributed by atoms with E-state index in [-0.39, 0.29) is 40.7 Å². The second-order valence-corrected chi connectivity index (χ2v) is 11.6. The molecule has 4 atom stereocenters. The number of nitrogens with zero attached hydrogens (tertiary/aromatic N) is 8. The normalized spacial score (nSPS) is 19.4. The Labute approximate surface area is 279 Å². The highest BCUT2D eigenvalue weighted by atomic mass is 16.6. The number of hydrogen-bond donors (Lipinski definition) is 5. The quantitative estimate of drug-likeness (QED) is 0.127. The van der Waals surface area contributed by atoms with Crippen LogP contribution >= 0.6 is 0 Å². The van der Waals surface area contributed by atoms with Gasteiger partial charge in [0.2, 0.25) is 5.95 Å². The van der Waals surface area contributed by atoms with Gasteiger partial charge in [0, 0.05) is 33.2 Å². The van der Waals surface area contributed by atoms with Crippen molar-refractivity contribution in [1.29, 1.82) is 0 Å². The van der Waals surface area contributed by atoms with Crippen LogP contribution < -0.4 is 27.6 Å². The van der Waals surface area contributed by atoms with E-state index in [1.807, 2.05) is 43.3 Å². The first-order valence-electron chi connectivity index (χ1n) is 16.1. The first-order valence-corrected chi connectivity index (χ1v) is 16.1. The predicted molar refractivity (Wildman–Crippen MR) is 182 cm³/mol. The Bertz CT molecular complexity index is 2160. The summed E-state index contributed by atoms with van der Waals surface area (Å²) >= 11 is 0. The summed E-state index contributed by atoms with van der Waals surface area (Å²) in [7, 11) is 1.76. The van der Waals surface area contributed by atoms with Gasteiger partial charge in [0.25, 0.3) is 11.5 Å². The number of aryl methyl sites for hydroxylation is 2.